The molecule has 0 unspecified atom stereocenters. The average molecular weight is 660 g/mol. The van der Waals surface area contributed by atoms with E-state index in [1.54, 1.807) is 4.90 Å². The van der Waals surface area contributed by atoms with Crippen LogP contribution in [0.4, 0.5) is 26.0 Å². The van der Waals surface area contributed by atoms with Crippen molar-refractivity contribution in [3.63, 3.8) is 0 Å². The maximum Gasteiger partial charge on any atom is 0.326 e. The van der Waals surface area contributed by atoms with Gasteiger partial charge in [0.25, 0.3) is 5.91 Å². The van der Waals surface area contributed by atoms with Crippen molar-refractivity contribution >= 4 is 45.0 Å². The summed E-state index contributed by atoms with van der Waals surface area (Å²) in [6, 6.07) is 4.13. The van der Waals surface area contributed by atoms with Crippen molar-refractivity contribution in [2.75, 3.05) is 54.5 Å². The number of hydrogen-bond acceptors (Lipinski definition) is 9. The van der Waals surface area contributed by atoms with Gasteiger partial charge in [-0.05, 0) is 37.1 Å². The number of benzene rings is 2. The molecule has 2 aromatic carbocycles. The van der Waals surface area contributed by atoms with Crippen molar-refractivity contribution in [2.45, 2.75) is 36.7 Å². The van der Waals surface area contributed by atoms with Gasteiger partial charge in [-0.25, -0.2) is 22.0 Å². The fraction of sp³-hybridized carbons (Fsp3) is 0.379. The van der Waals surface area contributed by atoms with Gasteiger partial charge in [-0.2, -0.15) is 9.40 Å². The minimum absolute atomic E-state index is 0.0101. The molecule has 2 amide bonds. The van der Waals surface area contributed by atoms with Gasteiger partial charge in [-0.1, -0.05) is 0 Å². The molecule has 1 atom stereocenters. The average Bonchev–Trinajstić information content (AvgIpc) is 3.68. The first kappa shape index (κ1) is 31.4. The number of anilines is 3. The molecule has 5 N–H and O–H groups in total. The molecule has 3 aromatic rings. The number of nitrogens with two attached hydrogens (primary N) is 1. The fourth-order valence-corrected chi connectivity index (χ4v) is 7.60. The molecule has 0 radical (unpaired) electrons. The number of aromatic amines is 1. The Bertz CT molecular complexity index is 1810. The third-order valence-electron chi connectivity index (χ3n) is 8.43. The standard InChI is InChI=1S/C29H31F2N7O7S/c30-16-10-17(31)12-18(11-16)46(43,44)37-5-3-22-21(15-37)27(35-34-22)33-28(40)20-14-25(38-4-1-2-23(38)29(41)42)24(13-19(20)26(32)39)36-6-8-45-9-7-36/h10-14,23H,1-9,15H2,(H2,32,39)(H,41,42)(H2,33,34,35,40)/t23-/m0/s1. The number of primary amides is 1. The number of aromatic nitrogens is 2. The summed E-state index contributed by atoms with van der Waals surface area (Å²) in [7, 11) is -4.32. The maximum absolute atomic E-state index is 13.8. The molecule has 0 bridgehead atoms. The monoisotopic (exact) mass is 659 g/mol. The van der Waals surface area contributed by atoms with E-state index in [0.717, 1.165) is 16.4 Å². The van der Waals surface area contributed by atoms with Gasteiger partial charge in [0.1, 0.15) is 17.7 Å². The molecular formula is C29H31F2N7O7S. The van der Waals surface area contributed by atoms with E-state index in [9.17, 15) is 36.7 Å². The summed E-state index contributed by atoms with van der Waals surface area (Å²) >= 11 is 0. The van der Waals surface area contributed by atoms with Gasteiger partial charge < -0.3 is 30.7 Å². The number of carboxylic acid groups (broad SMARTS) is 1. The van der Waals surface area contributed by atoms with Gasteiger partial charge in [-0.15, -0.1) is 0 Å². The number of carbonyl (C=O) groups excluding carboxylic acids is 2. The molecule has 0 saturated carbocycles. The Hall–Kier alpha value is -4.61. The number of sulfonamides is 1. The predicted octanol–water partition coefficient (Wildman–Crippen LogP) is 1.68. The molecule has 17 heteroatoms. The molecule has 4 heterocycles. The summed E-state index contributed by atoms with van der Waals surface area (Å²) in [6.45, 7) is 1.92. The largest absolute Gasteiger partial charge is 0.480 e. The zero-order valence-electron chi connectivity index (χ0n) is 24.5. The van der Waals surface area contributed by atoms with Crippen LogP contribution < -0.4 is 20.9 Å². The summed E-state index contributed by atoms with van der Waals surface area (Å²) in [6.07, 6.45) is 1.18. The summed E-state index contributed by atoms with van der Waals surface area (Å²) < 4.78 is 60.7. The number of nitrogens with zero attached hydrogens (tertiary/aromatic N) is 4. The van der Waals surface area contributed by atoms with E-state index in [-0.39, 0.29) is 36.5 Å². The summed E-state index contributed by atoms with van der Waals surface area (Å²) in [5.41, 5.74) is 7.39. The van der Waals surface area contributed by atoms with Crippen molar-refractivity contribution in [1.82, 2.24) is 14.5 Å². The Kier molecular flexibility index (Phi) is 8.39. The normalized spacial score (nSPS) is 18.8. The van der Waals surface area contributed by atoms with Crippen LogP contribution in [0.25, 0.3) is 0 Å². The number of ether oxygens (including phenoxy) is 1. The summed E-state index contributed by atoms with van der Waals surface area (Å²) in [5.74, 6) is -4.77. The van der Waals surface area contributed by atoms with Crippen LogP contribution in [0.3, 0.4) is 0 Å². The Labute approximate surface area is 262 Å². The SMILES string of the molecule is NC(=O)c1cc(N2CCOCC2)c(N2CCC[C@H]2C(=O)O)cc1C(=O)Nc1n[nH]c2c1CN(S(=O)(=O)c1cc(F)cc(F)c1)CC2. The predicted molar refractivity (Wildman–Crippen MR) is 160 cm³/mol. The lowest BCUT2D eigenvalue weighted by molar-refractivity contribution is -0.138. The van der Waals surface area contributed by atoms with E-state index in [4.69, 9.17) is 10.5 Å². The molecule has 1 aromatic heterocycles. The highest BCUT2D eigenvalue weighted by atomic mass is 32.2. The lowest BCUT2D eigenvalue weighted by Crippen LogP contribution is -2.40. The van der Waals surface area contributed by atoms with E-state index < -0.39 is 50.4 Å². The van der Waals surface area contributed by atoms with Gasteiger partial charge in [0, 0.05) is 56.5 Å². The van der Waals surface area contributed by atoms with Crippen LogP contribution in [0.15, 0.2) is 35.2 Å². The second-order valence-corrected chi connectivity index (χ2v) is 13.2. The Morgan fingerprint density at radius 3 is 2.37 bits per heavy atom. The second kappa shape index (κ2) is 12.3. The molecule has 2 saturated heterocycles. The summed E-state index contributed by atoms with van der Waals surface area (Å²) in [4.78, 5) is 41.7. The molecule has 6 rings (SSSR count). The van der Waals surface area contributed by atoms with Crippen LogP contribution in [-0.4, -0.2) is 91.2 Å². The van der Waals surface area contributed by atoms with Crippen LogP contribution in [0.2, 0.25) is 0 Å². The molecule has 0 aliphatic carbocycles. The number of fused-ring (bicyclic) bond motifs is 1. The number of hydrogen-bond donors (Lipinski definition) is 4. The number of carboxylic acids is 1. The minimum Gasteiger partial charge on any atom is -0.480 e. The highest BCUT2D eigenvalue weighted by Crippen LogP contribution is 2.38. The van der Waals surface area contributed by atoms with E-state index in [2.05, 4.69) is 15.5 Å². The van der Waals surface area contributed by atoms with Gasteiger partial charge in [-0.3, -0.25) is 14.7 Å². The van der Waals surface area contributed by atoms with Crippen molar-refractivity contribution < 1.29 is 41.4 Å². The Morgan fingerprint density at radius 2 is 1.70 bits per heavy atom. The number of rotatable bonds is 8. The first-order valence-corrected chi connectivity index (χ1v) is 16.0. The molecule has 3 aliphatic rings. The third kappa shape index (κ3) is 5.88. The quantitative estimate of drug-likeness (QED) is 0.277. The first-order valence-electron chi connectivity index (χ1n) is 14.6. The van der Waals surface area contributed by atoms with Crippen molar-refractivity contribution in [2.24, 2.45) is 5.73 Å². The fourth-order valence-electron chi connectivity index (χ4n) is 6.15. The van der Waals surface area contributed by atoms with Gasteiger partial charge in [0.2, 0.25) is 15.9 Å². The van der Waals surface area contributed by atoms with Gasteiger partial charge >= 0.3 is 5.97 Å². The van der Waals surface area contributed by atoms with Crippen LogP contribution in [-0.2, 0) is 32.5 Å². The number of aliphatic carboxylic acids is 1. The number of halogens is 2. The van der Waals surface area contributed by atoms with Crippen LogP contribution in [0.5, 0.6) is 0 Å². The lowest BCUT2D eigenvalue weighted by atomic mass is 10.0. The molecule has 244 valence electrons. The van der Waals surface area contributed by atoms with Crippen LogP contribution >= 0.6 is 0 Å². The zero-order valence-corrected chi connectivity index (χ0v) is 25.3. The smallest absolute Gasteiger partial charge is 0.326 e. The van der Waals surface area contributed by atoms with E-state index in [0.29, 0.717) is 74.4 Å². The third-order valence-corrected chi connectivity index (χ3v) is 10.3. The van der Waals surface area contributed by atoms with E-state index >= 15 is 0 Å². The van der Waals surface area contributed by atoms with Crippen molar-refractivity contribution in [1.29, 1.82) is 0 Å². The molecule has 46 heavy (non-hydrogen) atoms. The molecule has 3 aliphatic heterocycles. The first-order chi connectivity index (χ1) is 21.9. The van der Waals surface area contributed by atoms with E-state index in [1.807, 2.05) is 4.90 Å². The number of amides is 2. The molecular weight excluding hydrogens is 628 g/mol. The number of nitrogens with one attached hydrogen (secondary N) is 2. The number of morpholine rings is 1. The maximum atomic E-state index is 13.8. The zero-order chi connectivity index (χ0) is 32.7. The van der Waals surface area contributed by atoms with Crippen molar-refractivity contribution in [3.8, 4) is 0 Å². The molecule has 2 fully saturated rings. The van der Waals surface area contributed by atoms with E-state index in [1.165, 1.54) is 12.1 Å². The summed E-state index contributed by atoms with van der Waals surface area (Å²) in [5, 5.41) is 19.5. The Balaban J connectivity index is 1.34. The minimum atomic E-state index is -4.32. The molecule has 14 nitrogen and oxygen atoms in total. The number of carbonyl (C=O) groups is 3. The van der Waals surface area contributed by atoms with Crippen LogP contribution in [0.1, 0.15) is 44.8 Å². The highest BCUT2D eigenvalue weighted by Gasteiger charge is 2.36. The van der Waals surface area contributed by atoms with Gasteiger partial charge in [0.05, 0.1) is 40.6 Å². The highest BCUT2D eigenvalue weighted by molar-refractivity contribution is 7.89. The number of H-pyrrole nitrogens is 1. The van der Waals surface area contributed by atoms with Gasteiger partial charge in [0.15, 0.2) is 5.82 Å². The molecule has 0 spiro atoms. The topological polar surface area (TPSA) is 191 Å². The second-order valence-electron chi connectivity index (χ2n) is 11.2. The Morgan fingerprint density at radius 1 is 1.00 bits per heavy atom. The van der Waals surface area contributed by atoms with Crippen molar-refractivity contribution in [3.05, 3.63) is 64.4 Å². The van der Waals surface area contributed by atoms with Crippen LogP contribution in [0, 0.1) is 11.6 Å². The lowest BCUT2D eigenvalue weighted by Gasteiger charge is -2.35.